The molecule has 128 valence electrons. The molecule has 0 aliphatic heterocycles. The first kappa shape index (κ1) is 16.8. The number of para-hydroxylation sites is 2. The van der Waals surface area contributed by atoms with Crippen LogP contribution in [-0.2, 0) is 0 Å². The van der Waals surface area contributed by atoms with Crippen LogP contribution in [0.5, 0.6) is 5.75 Å². The second kappa shape index (κ2) is 7.66. The van der Waals surface area contributed by atoms with Crippen molar-refractivity contribution in [3.8, 4) is 5.75 Å². The lowest BCUT2D eigenvalue weighted by Gasteiger charge is -2.16. The molecule has 0 fully saturated rings. The van der Waals surface area contributed by atoms with Crippen molar-refractivity contribution in [2.45, 2.75) is 19.9 Å². The number of hydrogen-bond donors (Lipinski definition) is 2. The number of benzene rings is 2. The van der Waals surface area contributed by atoms with Crippen LogP contribution < -0.4 is 15.4 Å². The van der Waals surface area contributed by atoms with Gasteiger partial charge in [-0.05, 0) is 31.5 Å². The van der Waals surface area contributed by atoms with Gasteiger partial charge in [0.25, 0.3) is 0 Å². The molecule has 25 heavy (non-hydrogen) atoms. The number of nitrogens with zero attached hydrogens (tertiary/aromatic N) is 2. The summed E-state index contributed by atoms with van der Waals surface area (Å²) in [7, 11) is 1.65. The zero-order chi connectivity index (χ0) is 17.6. The minimum atomic E-state index is 0.148. The van der Waals surface area contributed by atoms with Gasteiger partial charge in [-0.25, -0.2) is 9.97 Å². The summed E-state index contributed by atoms with van der Waals surface area (Å²) in [6, 6.07) is 20.1. The molecule has 1 aromatic heterocycles. The maximum absolute atomic E-state index is 5.38. The van der Waals surface area contributed by atoms with Gasteiger partial charge in [0.2, 0.25) is 0 Å². The van der Waals surface area contributed by atoms with Gasteiger partial charge in [0.15, 0.2) is 0 Å². The van der Waals surface area contributed by atoms with E-state index in [0.29, 0.717) is 5.82 Å². The number of aryl methyl sites for hydroxylation is 1. The van der Waals surface area contributed by atoms with Gasteiger partial charge in [0.05, 0.1) is 12.8 Å². The Hall–Kier alpha value is -3.08. The van der Waals surface area contributed by atoms with Crippen molar-refractivity contribution in [2.75, 3.05) is 17.7 Å². The predicted molar refractivity (Wildman–Crippen MR) is 102 cm³/mol. The van der Waals surface area contributed by atoms with Gasteiger partial charge in [-0.2, -0.15) is 0 Å². The summed E-state index contributed by atoms with van der Waals surface area (Å²) in [5, 5.41) is 6.73. The van der Waals surface area contributed by atoms with E-state index in [1.54, 1.807) is 7.11 Å². The van der Waals surface area contributed by atoms with E-state index in [-0.39, 0.29) is 6.04 Å². The molecule has 2 aromatic carbocycles. The molecular formula is C20H22N4O. The van der Waals surface area contributed by atoms with Gasteiger partial charge in [-0.15, -0.1) is 0 Å². The summed E-state index contributed by atoms with van der Waals surface area (Å²) in [6.45, 7) is 3.99. The lowest BCUT2D eigenvalue weighted by atomic mass is 10.1. The molecule has 0 amide bonds. The number of ether oxygens (including phenoxy) is 1. The van der Waals surface area contributed by atoms with Crippen LogP contribution in [0.3, 0.4) is 0 Å². The molecule has 0 aliphatic rings. The fraction of sp³-hybridized carbons (Fsp3) is 0.200. The smallest absolute Gasteiger partial charge is 0.142 e. The molecule has 0 bridgehead atoms. The molecule has 1 atom stereocenters. The highest BCUT2D eigenvalue weighted by Crippen LogP contribution is 2.27. The summed E-state index contributed by atoms with van der Waals surface area (Å²) in [6.07, 6.45) is 0. The minimum absolute atomic E-state index is 0.148. The molecule has 5 nitrogen and oxygen atoms in total. The van der Waals surface area contributed by atoms with Crippen LogP contribution in [0.4, 0.5) is 17.3 Å². The van der Waals surface area contributed by atoms with E-state index in [4.69, 9.17) is 4.74 Å². The maximum atomic E-state index is 5.38. The molecule has 3 rings (SSSR count). The fourth-order valence-electron chi connectivity index (χ4n) is 2.64. The van der Waals surface area contributed by atoms with Crippen LogP contribution in [-0.4, -0.2) is 17.1 Å². The minimum Gasteiger partial charge on any atom is -0.495 e. The van der Waals surface area contributed by atoms with Crippen molar-refractivity contribution in [1.82, 2.24) is 9.97 Å². The Kier molecular flexibility index (Phi) is 5.14. The maximum Gasteiger partial charge on any atom is 0.142 e. The zero-order valence-corrected chi connectivity index (χ0v) is 14.7. The first-order valence-corrected chi connectivity index (χ1v) is 8.23. The van der Waals surface area contributed by atoms with Crippen LogP contribution in [0.15, 0.2) is 60.7 Å². The molecule has 0 aliphatic carbocycles. The molecule has 5 heteroatoms. The average Bonchev–Trinajstić information content (AvgIpc) is 2.62. The highest BCUT2D eigenvalue weighted by Gasteiger charge is 2.09. The van der Waals surface area contributed by atoms with Gasteiger partial charge in [-0.3, -0.25) is 0 Å². The van der Waals surface area contributed by atoms with Crippen molar-refractivity contribution in [3.63, 3.8) is 0 Å². The Bertz CT molecular complexity index is 836. The first-order valence-electron chi connectivity index (χ1n) is 8.23. The highest BCUT2D eigenvalue weighted by atomic mass is 16.5. The third-order valence-corrected chi connectivity index (χ3v) is 3.87. The van der Waals surface area contributed by atoms with Crippen LogP contribution in [0, 0.1) is 6.92 Å². The second-order valence-corrected chi connectivity index (χ2v) is 5.79. The van der Waals surface area contributed by atoms with Crippen molar-refractivity contribution >= 4 is 17.3 Å². The number of anilines is 3. The number of rotatable bonds is 6. The van der Waals surface area contributed by atoms with Crippen LogP contribution in [0.1, 0.15) is 24.4 Å². The Morgan fingerprint density at radius 2 is 1.60 bits per heavy atom. The highest BCUT2D eigenvalue weighted by molar-refractivity contribution is 5.65. The van der Waals surface area contributed by atoms with E-state index < -0.39 is 0 Å². The largest absolute Gasteiger partial charge is 0.495 e. The second-order valence-electron chi connectivity index (χ2n) is 5.79. The monoisotopic (exact) mass is 334 g/mol. The van der Waals surface area contributed by atoms with Crippen LogP contribution in [0.2, 0.25) is 0 Å². The van der Waals surface area contributed by atoms with Gasteiger partial charge in [0, 0.05) is 12.1 Å². The van der Waals surface area contributed by atoms with Gasteiger partial charge >= 0.3 is 0 Å². The average molecular weight is 334 g/mol. The summed E-state index contributed by atoms with van der Waals surface area (Å²) in [5.41, 5.74) is 2.07. The summed E-state index contributed by atoms with van der Waals surface area (Å²) < 4.78 is 5.38. The summed E-state index contributed by atoms with van der Waals surface area (Å²) >= 11 is 0. The molecule has 1 unspecified atom stereocenters. The van der Waals surface area contributed by atoms with E-state index >= 15 is 0 Å². The van der Waals surface area contributed by atoms with Gasteiger partial charge in [0.1, 0.15) is 23.2 Å². The molecule has 0 saturated carbocycles. The number of methoxy groups -OCH3 is 1. The summed E-state index contributed by atoms with van der Waals surface area (Å²) in [4.78, 5) is 8.96. The molecule has 0 radical (unpaired) electrons. The lowest BCUT2D eigenvalue weighted by Crippen LogP contribution is -2.09. The number of nitrogens with one attached hydrogen (secondary N) is 2. The molecule has 1 heterocycles. The number of aromatic nitrogens is 2. The van der Waals surface area contributed by atoms with Crippen molar-refractivity contribution in [1.29, 1.82) is 0 Å². The molecule has 2 N–H and O–H groups in total. The van der Waals surface area contributed by atoms with Gasteiger partial charge < -0.3 is 15.4 Å². The van der Waals surface area contributed by atoms with E-state index in [9.17, 15) is 0 Å². The SMILES string of the molecule is COc1ccccc1Nc1cc(NC(C)c2ccccc2)nc(C)n1. The standard InChI is InChI=1S/C20H22N4O/c1-14(16-9-5-4-6-10-16)21-19-13-20(23-15(2)22-19)24-17-11-7-8-12-18(17)25-3/h4-14H,1-3H3,(H2,21,22,23,24). The first-order chi connectivity index (χ1) is 12.2. The molecule has 3 aromatic rings. The topological polar surface area (TPSA) is 59.1 Å². The molecule has 0 saturated heterocycles. The van der Waals surface area contributed by atoms with Crippen molar-refractivity contribution < 1.29 is 4.74 Å². The third kappa shape index (κ3) is 4.26. The van der Waals surface area contributed by atoms with Crippen LogP contribution >= 0.6 is 0 Å². The van der Waals surface area contributed by atoms with E-state index in [0.717, 1.165) is 23.1 Å². The molecule has 0 spiro atoms. The van der Waals surface area contributed by atoms with Crippen LogP contribution in [0.25, 0.3) is 0 Å². The van der Waals surface area contributed by atoms with E-state index in [2.05, 4.69) is 39.7 Å². The van der Waals surface area contributed by atoms with Gasteiger partial charge in [-0.1, -0.05) is 42.5 Å². The predicted octanol–water partition coefficient (Wildman–Crippen LogP) is 4.71. The zero-order valence-electron chi connectivity index (χ0n) is 14.7. The Morgan fingerprint density at radius 1 is 0.920 bits per heavy atom. The molecular weight excluding hydrogens is 312 g/mol. The fourth-order valence-corrected chi connectivity index (χ4v) is 2.64. The van der Waals surface area contributed by atoms with Crippen molar-refractivity contribution in [3.05, 3.63) is 72.1 Å². The number of hydrogen-bond acceptors (Lipinski definition) is 5. The summed E-state index contributed by atoms with van der Waals surface area (Å²) in [5.74, 6) is 2.97. The quantitative estimate of drug-likeness (QED) is 0.683. The Labute approximate surface area is 148 Å². The third-order valence-electron chi connectivity index (χ3n) is 3.87. The Morgan fingerprint density at radius 3 is 2.36 bits per heavy atom. The Balaban J connectivity index is 1.81. The normalized spacial score (nSPS) is 11.6. The van der Waals surface area contributed by atoms with E-state index in [1.165, 1.54) is 5.56 Å². The van der Waals surface area contributed by atoms with Crippen molar-refractivity contribution in [2.24, 2.45) is 0 Å². The van der Waals surface area contributed by atoms with E-state index in [1.807, 2.05) is 55.5 Å². The lowest BCUT2D eigenvalue weighted by molar-refractivity contribution is 0.417.